The molecule has 78 heavy (non-hydrogen) atoms. The number of hydrogen-bond donors (Lipinski definition) is 0. The number of unbranched alkanes of at least 4 members (excludes halogenated alkanes) is 25. The molecule has 0 N–H and O–H groups in total. The van der Waals surface area contributed by atoms with Gasteiger partial charge in [0.1, 0.15) is 19.8 Å². The molecule has 0 saturated heterocycles. The Morgan fingerprint density at radius 3 is 1.10 bits per heavy atom. The van der Waals surface area contributed by atoms with Gasteiger partial charge in [0.25, 0.3) is 7.82 Å². The normalized spacial score (nSPS) is 14.0. The van der Waals surface area contributed by atoms with E-state index in [1.165, 1.54) is 116 Å². The Kier molecular flexibility index (Phi) is 55.8. The monoisotopic (exact) mass is 1110 g/mol. The Morgan fingerprint density at radius 2 is 0.731 bits per heavy atom. The first-order valence-corrected chi connectivity index (χ1v) is 33.1. The number of rotatable bonds is 57. The second kappa shape index (κ2) is 58.3. The van der Waals surface area contributed by atoms with Crippen LogP contribution in [0.3, 0.4) is 0 Å². The fraction of sp³-hybridized carbons (Fsp3) is 0.706. The highest BCUT2D eigenvalue weighted by molar-refractivity contribution is 7.45. The fourth-order valence-corrected chi connectivity index (χ4v) is 9.16. The van der Waals surface area contributed by atoms with Crippen LogP contribution in [-0.2, 0) is 32.7 Å². The lowest BCUT2D eigenvalue weighted by molar-refractivity contribution is -0.870. The van der Waals surface area contributed by atoms with E-state index in [-0.39, 0.29) is 32.0 Å². The number of allylic oxidation sites excluding steroid dienone is 18. The number of carbonyl (C=O) groups excluding carboxylic acids is 2. The molecule has 0 saturated carbocycles. The summed E-state index contributed by atoms with van der Waals surface area (Å²) < 4.78 is 34.2. The van der Waals surface area contributed by atoms with Crippen LogP contribution in [0.2, 0.25) is 0 Å². The third kappa shape index (κ3) is 61.9. The maximum atomic E-state index is 12.8. The Hall–Kier alpha value is -3.33. The van der Waals surface area contributed by atoms with Crippen molar-refractivity contribution in [3.05, 3.63) is 109 Å². The first-order valence-electron chi connectivity index (χ1n) is 31.6. The Balaban J connectivity index is 4.20. The number of nitrogens with zero attached hydrogens (tertiary/aromatic N) is 1. The summed E-state index contributed by atoms with van der Waals surface area (Å²) in [6, 6.07) is 0. The number of phosphoric ester groups is 1. The van der Waals surface area contributed by atoms with Crippen molar-refractivity contribution in [2.45, 2.75) is 264 Å². The van der Waals surface area contributed by atoms with Gasteiger partial charge < -0.3 is 27.9 Å². The molecule has 0 aromatic carbocycles. The molecule has 0 aliphatic carbocycles. The minimum absolute atomic E-state index is 0.0391. The molecule has 0 bridgehead atoms. The second-order valence-electron chi connectivity index (χ2n) is 22.0. The lowest BCUT2D eigenvalue weighted by Crippen LogP contribution is -2.37. The van der Waals surface area contributed by atoms with Crippen LogP contribution in [0.1, 0.15) is 258 Å². The highest BCUT2D eigenvalue weighted by Gasteiger charge is 2.22. The van der Waals surface area contributed by atoms with Gasteiger partial charge in [0.2, 0.25) is 0 Å². The average Bonchev–Trinajstić information content (AvgIpc) is 3.40. The molecule has 0 radical (unpaired) electrons. The van der Waals surface area contributed by atoms with Crippen LogP contribution in [0.5, 0.6) is 0 Å². The van der Waals surface area contributed by atoms with Gasteiger partial charge >= 0.3 is 11.9 Å². The van der Waals surface area contributed by atoms with Crippen molar-refractivity contribution in [3.63, 3.8) is 0 Å². The smallest absolute Gasteiger partial charge is 0.306 e. The molecule has 0 aromatic rings. The van der Waals surface area contributed by atoms with Gasteiger partial charge in [-0.25, -0.2) is 0 Å². The molecule has 0 heterocycles. The molecule has 448 valence electrons. The van der Waals surface area contributed by atoms with Gasteiger partial charge in [0.15, 0.2) is 6.10 Å². The minimum Gasteiger partial charge on any atom is -0.756 e. The minimum atomic E-state index is -4.65. The van der Waals surface area contributed by atoms with Gasteiger partial charge in [-0.15, -0.1) is 0 Å². The van der Waals surface area contributed by atoms with E-state index >= 15 is 0 Å². The summed E-state index contributed by atoms with van der Waals surface area (Å²) >= 11 is 0. The van der Waals surface area contributed by atoms with Crippen LogP contribution in [0.15, 0.2) is 109 Å². The number of hydrogen-bond acceptors (Lipinski definition) is 8. The molecule has 0 aliphatic rings. The van der Waals surface area contributed by atoms with Crippen molar-refractivity contribution in [1.29, 1.82) is 0 Å². The summed E-state index contributed by atoms with van der Waals surface area (Å²) in [5.74, 6) is -0.852. The van der Waals surface area contributed by atoms with Gasteiger partial charge in [-0.3, -0.25) is 14.2 Å². The molecule has 2 unspecified atom stereocenters. The first-order chi connectivity index (χ1) is 38.0. The topological polar surface area (TPSA) is 111 Å². The van der Waals surface area contributed by atoms with Gasteiger partial charge in [0.05, 0.1) is 27.7 Å². The van der Waals surface area contributed by atoms with E-state index in [0.717, 1.165) is 109 Å². The van der Waals surface area contributed by atoms with Crippen molar-refractivity contribution in [2.75, 3.05) is 47.5 Å². The maximum Gasteiger partial charge on any atom is 0.306 e. The van der Waals surface area contributed by atoms with Crippen molar-refractivity contribution in [3.8, 4) is 0 Å². The van der Waals surface area contributed by atoms with E-state index in [2.05, 4.69) is 123 Å². The quantitative estimate of drug-likeness (QED) is 0.0195. The largest absolute Gasteiger partial charge is 0.756 e. The van der Waals surface area contributed by atoms with Gasteiger partial charge in [-0.05, 0) is 103 Å². The van der Waals surface area contributed by atoms with Gasteiger partial charge in [0, 0.05) is 12.8 Å². The van der Waals surface area contributed by atoms with Crippen LogP contribution in [0, 0.1) is 0 Å². The number of phosphoric acid groups is 1. The van der Waals surface area contributed by atoms with E-state index in [1.807, 2.05) is 21.1 Å². The molecule has 10 heteroatoms. The number of esters is 2. The Bertz CT molecular complexity index is 1680. The standard InChI is InChI=1S/C68H118NO8P/c1-6-8-10-12-14-16-18-20-22-24-26-28-30-31-32-33-34-35-36-37-39-41-43-45-47-49-51-53-55-57-59-61-68(71)77-66(65-76-78(72,73)75-63-62-69(3,4)5)64-74-67(70)60-58-56-54-52-50-48-46-44-42-40-38-29-27-25-23-21-19-17-15-13-11-9-7-2/h8,10,14,16,20,22,25-28,31-32,34-35,37,39,43,45,66H,6-7,9,11-13,15,17-19,21,23-24,29-30,33,36,38,40-42,44,46-65H2,1-5H3/b10-8-,16-14-,22-20-,27-25-,28-26-,32-31-,35-34-,39-37-,45-43-. The van der Waals surface area contributed by atoms with E-state index in [4.69, 9.17) is 18.5 Å². The Labute approximate surface area is 480 Å². The number of carbonyl (C=O) groups is 2. The molecule has 0 rings (SSSR count). The van der Waals surface area contributed by atoms with E-state index in [0.29, 0.717) is 17.4 Å². The first kappa shape index (κ1) is 74.7. The molecule has 0 aromatic heterocycles. The number of ether oxygens (including phenoxy) is 2. The van der Waals surface area contributed by atoms with E-state index < -0.39 is 26.5 Å². The molecule has 2 atom stereocenters. The van der Waals surface area contributed by atoms with Gasteiger partial charge in [-0.1, -0.05) is 252 Å². The number of quaternary nitrogens is 1. The molecule has 0 fully saturated rings. The molecule has 0 amide bonds. The lowest BCUT2D eigenvalue weighted by atomic mass is 10.0. The highest BCUT2D eigenvalue weighted by atomic mass is 31.2. The van der Waals surface area contributed by atoms with E-state index in [1.54, 1.807) is 0 Å². The predicted octanol–water partition coefficient (Wildman–Crippen LogP) is 19.5. The molecular formula is C68H118NO8P. The predicted molar refractivity (Wildman–Crippen MR) is 332 cm³/mol. The van der Waals surface area contributed by atoms with E-state index in [9.17, 15) is 19.0 Å². The Morgan fingerprint density at radius 1 is 0.410 bits per heavy atom. The van der Waals surface area contributed by atoms with Gasteiger partial charge in [-0.2, -0.15) is 0 Å². The number of likely N-dealkylation sites (N-methyl/N-ethyl adjacent to an activating group) is 1. The van der Waals surface area contributed by atoms with Crippen LogP contribution in [0.25, 0.3) is 0 Å². The average molecular weight is 1110 g/mol. The zero-order valence-electron chi connectivity index (χ0n) is 50.8. The molecular weight excluding hydrogens is 990 g/mol. The summed E-state index contributed by atoms with van der Waals surface area (Å²) in [4.78, 5) is 38.0. The molecule has 0 spiro atoms. The third-order valence-electron chi connectivity index (χ3n) is 13.3. The highest BCUT2D eigenvalue weighted by Crippen LogP contribution is 2.38. The second-order valence-corrected chi connectivity index (χ2v) is 23.4. The van der Waals surface area contributed by atoms with Crippen molar-refractivity contribution < 1.29 is 42.1 Å². The maximum absolute atomic E-state index is 12.8. The van der Waals surface area contributed by atoms with Crippen LogP contribution in [-0.4, -0.2) is 70.0 Å². The summed E-state index contributed by atoms with van der Waals surface area (Å²) in [7, 11) is 1.15. The third-order valence-corrected chi connectivity index (χ3v) is 14.2. The SMILES string of the molecule is CC/C=C\C/C=C\C/C=C\C/C=C\C/C=C\C/C=C\C/C=C\C/C=C\CCCCCCCCC(=O)OC(COC(=O)CCCCCCCCCCCCC/C=C\CCCCCCCCCC)COP(=O)([O-])OCC[N+](C)(C)C. The van der Waals surface area contributed by atoms with Crippen LogP contribution >= 0.6 is 7.82 Å². The summed E-state index contributed by atoms with van der Waals surface area (Å²) in [5.41, 5.74) is 0. The summed E-state index contributed by atoms with van der Waals surface area (Å²) in [5, 5.41) is 0. The lowest BCUT2D eigenvalue weighted by Gasteiger charge is -2.28. The summed E-state index contributed by atoms with van der Waals surface area (Å²) in [6.07, 6.45) is 81.4. The zero-order chi connectivity index (χ0) is 57.0. The van der Waals surface area contributed by atoms with Crippen LogP contribution < -0.4 is 4.89 Å². The van der Waals surface area contributed by atoms with Crippen molar-refractivity contribution in [2.24, 2.45) is 0 Å². The molecule has 0 aliphatic heterocycles. The van der Waals surface area contributed by atoms with Crippen LogP contribution in [0.4, 0.5) is 0 Å². The fourth-order valence-electron chi connectivity index (χ4n) is 8.43. The van der Waals surface area contributed by atoms with Crippen molar-refractivity contribution in [1.82, 2.24) is 0 Å². The molecule has 9 nitrogen and oxygen atoms in total. The van der Waals surface area contributed by atoms with Crippen molar-refractivity contribution >= 4 is 19.8 Å². The summed E-state index contributed by atoms with van der Waals surface area (Å²) in [6.45, 7) is 4.12. The zero-order valence-corrected chi connectivity index (χ0v) is 51.7.